The van der Waals surface area contributed by atoms with Gasteiger partial charge in [0.2, 0.25) is 5.91 Å². The summed E-state index contributed by atoms with van der Waals surface area (Å²) in [6.07, 6.45) is 1.49. The van der Waals surface area contributed by atoms with Crippen LogP contribution in [0.25, 0.3) is 0 Å². The summed E-state index contributed by atoms with van der Waals surface area (Å²) in [6, 6.07) is 21.2. The number of ether oxygens (including phenoxy) is 1. The Balaban J connectivity index is 1.43. The molecule has 2 aromatic carbocycles. The zero-order valence-electron chi connectivity index (χ0n) is 14.6. The predicted octanol–water partition coefficient (Wildman–Crippen LogP) is 4.68. The Morgan fingerprint density at radius 3 is 2.59 bits per heavy atom. The van der Waals surface area contributed by atoms with E-state index in [1.165, 1.54) is 29.7 Å². The summed E-state index contributed by atoms with van der Waals surface area (Å²) in [5.74, 6) is 1.46. The van der Waals surface area contributed by atoms with E-state index in [0.29, 0.717) is 5.76 Å². The maximum absolute atomic E-state index is 11.9. The fraction of sp³-hybridized carbons (Fsp3) is 0.100. The number of carbonyl (C=O) groups excluding carboxylic acids is 1. The van der Waals surface area contributed by atoms with Crippen molar-refractivity contribution in [1.29, 1.82) is 0 Å². The zero-order valence-corrected chi connectivity index (χ0v) is 16.3. The summed E-state index contributed by atoms with van der Waals surface area (Å²) in [5.41, 5.74) is 2.50. The number of furan rings is 1. The summed E-state index contributed by atoms with van der Waals surface area (Å²) in [7, 11) is 1.62. The Bertz CT molecular complexity index is 893. The van der Waals surface area contributed by atoms with Crippen molar-refractivity contribution in [2.75, 3.05) is 12.9 Å². The molecule has 7 heteroatoms. The normalized spacial score (nSPS) is 10.9. The third-order valence-corrected chi connectivity index (χ3v) is 5.31. The highest BCUT2D eigenvalue weighted by molar-refractivity contribution is 8.00. The minimum atomic E-state index is -0.183. The van der Waals surface area contributed by atoms with Crippen molar-refractivity contribution in [2.45, 2.75) is 14.9 Å². The van der Waals surface area contributed by atoms with Crippen molar-refractivity contribution >= 4 is 35.6 Å². The van der Waals surface area contributed by atoms with E-state index in [1.807, 2.05) is 66.7 Å². The van der Waals surface area contributed by atoms with Crippen molar-refractivity contribution in [2.24, 2.45) is 5.10 Å². The molecule has 0 aliphatic carbocycles. The van der Waals surface area contributed by atoms with Gasteiger partial charge in [0.25, 0.3) is 0 Å². The number of carbonyl (C=O) groups is 1. The zero-order chi connectivity index (χ0) is 18.9. The molecule has 1 heterocycles. The Hall–Kier alpha value is -2.64. The minimum absolute atomic E-state index is 0.183. The molecular weight excluding hydrogens is 380 g/mol. The fourth-order valence-corrected chi connectivity index (χ4v) is 3.57. The van der Waals surface area contributed by atoms with E-state index >= 15 is 0 Å². The molecule has 27 heavy (non-hydrogen) atoms. The SMILES string of the molecule is COc1ccc(SCC(=O)N/N=C\c2ccc(Sc3ccccc3)o2)cc1. The van der Waals surface area contributed by atoms with E-state index in [4.69, 9.17) is 9.15 Å². The largest absolute Gasteiger partial charge is 0.497 e. The average molecular weight is 399 g/mol. The van der Waals surface area contributed by atoms with Crippen LogP contribution in [0, 0.1) is 0 Å². The summed E-state index contributed by atoms with van der Waals surface area (Å²) in [5, 5.41) is 4.71. The van der Waals surface area contributed by atoms with Gasteiger partial charge in [-0.1, -0.05) is 30.0 Å². The van der Waals surface area contributed by atoms with Gasteiger partial charge in [-0.3, -0.25) is 4.79 Å². The number of hydrazone groups is 1. The van der Waals surface area contributed by atoms with Gasteiger partial charge >= 0.3 is 0 Å². The molecule has 0 spiro atoms. The third kappa shape index (κ3) is 6.23. The maximum atomic E-state index is 11.9. The van der Waals surface area contributed by atoms with Gasteiger partial charge in [-0.2, -0.15) is 5.10 Å². The van der Waals surface area contributed by atoms with Gasteiger partial charge in [0.1, 0.15) is 11.5 Å². The van der Waals surface area contributed by atoms with Gasteiger partial charge in [-0.05, 0) is 48.5 Å². The summed E-state index contributed by atoms with van der Waals surface area (Å²) < 4.78 is 10.8. The Morgan fingerprint density at radius 2 is 1.85 bits per heavy atom. The Kier molecular flexibility index (Phi) is 7.01. The van der Waals surface area contributed by atoms with Crippen LogP contribution in [-0.2, 0) is 4.79 Å². The van der Waals surface area contributed by atoms with Crippen LogP contribution in [-0.4, -0.2) is 25.0 Å². The standard InChI is InChI=1S/C20H18N2O3S2/c1-24-15-7-10-17(11-8-15)26-14-19(23)22-21-13-16-9-12-20(25-16)27-18-5-3-2-4-6-18/h2-13H,14H2,1H3,(H,22,23)/b21-13-. The lowest BCUT2D eigenvalue weighted by Crippen LogP contribution is -2.19. The smallest absolute Gasteiger partial charge is 0.250 e. The average Bonchev–Trinajstić information content (AvgIpc) is 3.14. The quantitative estimate of drug-likeness (QED) is 0.339. The number of amides is 1. The first-order chi connectivity index (χ1) is 13.2. The summed E-state index contributed by atoms with van der Waals surface area (Å²) in [4.78, 5) is 14.0. The minimum Gasteiger partial charge on any atom is -0.497 e. The molecule has 0 saturated carbocycles. The van der Waals surface area contributed by atoms with Crippen molar-refractivity contribution in [3.63, 3.8) is 0 Å². The molecule has 1 aromatic heterocycles. The number of nitrogens with one attached hydrogen (secondary N) is 1. The summed E-state index contributed by atoms with van der Waals surface area (Å²) >= 11 is 2.96. The van der Waals surface area contributed by atoms with Crippen LogP contribution in [0.1, 0.15) is 5.76 Å². The number of methoxy groups -OCH3 is 1. The first kappa shape index (κ1) is 19.1. The number of nitrogens with zero attached hydrogens (tertiary/aromatic N) is 1. The van der Waals surface area contributed by atoms with Gasteiger partial charge in [0.05, 0.1) is 19.1 Å². The molecule has 3 aromatic rings. The molecule has 0 saturated heterocycles. The van der Waals surface area contributed by atoms with Crippen molar-refractivity contribution < 1.29 is 13.9 Å². The lowest BCUT2D eigenvalue weighted by Gasteiger charge is -2.02. The molecule has 1 amide bonds. The molecule has 0 radical (unpaired) electrons. The van der Waals surface area contributed by atoms with Crippen LogP contribution >= 0.6 is 23.5 Å². The Labute approximate surface area is 166 Å². The van der Waals surface area contributed by atoms with Crippen molar-refractivity contribution in [3.05, 3.63) is 72.5 Å². The van der Waals surface area contributed by atoms with Crippen LogP contribution in [0.2, 0.25) is 0 Å². The van der Waals surface area contributed by atoms with Gasteiger partial charge in [-0.15, -0.1) is 11.8 Å². The monoisotopic (exact) mass is 398 g/mol. The molecule has 0 fully saturated rings. The van der Waals surface area contributed by atoms with Crippen LogP contribution in [0.5, 0.6) is 5.75 Å². The van der Waals surface area contributed by atoms with E-state index in [0.717, 1.165) is 20.6 Å². The highest BCUT2D eigenvalue weighted by atomic mass is 32.2. The van der Waals surface area contributed by atoms with Gasteiger partial charge in [0.15, 0.2) is 5.09 Å². The number of hydrogen-bond donors (Lipinski definition) is 1. The second kappa shape index (κ2) is 9.89. The number of benzene rings is 2. The van der Waals surface area contributed by atoms with Crippen molar-refractivity contribution in [3.8, 4) is 5.75 Å². The third-order valence-electron chi connectivity index (χ3n) is 3.37. The maximum Gasteiger partial charge on any atom is 0.250 e. The second-order valence-corrected chi connectivity index (χ2v) is 7.46. The highest BCUT2D eigenvalue weighted by Gasteiger charge is 2.04. The number of hydrogen-bond acceptors (Lipinski definition) is 6. The van der Waals surface area contributed by atoms with Crippen LogP contribution in [0.15, 0.2) is 91.1 Å². The first-order valence-corrected chi connectivity index (χ1v) is 9.94. The summed E-state index contributed by atoms with van der Waals surface area (Å²) in [6.45, 7) is 0. The topological polar surface area (TPSA) is 63.8 Å². The van der Waals surface area contributed by atoms with E-state index in [1.54, 1.807) is 7.11 Å². The number of rotatable bonds is 8. The molecule has 138 valence electrons. The Morgan fingerprint density at radius 1 is 1.07 bits per heavy atom. The van der Waals surface area contributed by atoms with Gasteiger partial charge in [-0.25, -0.2) is 5.43 Å². The van der Waals surface area contributed by atoms with Gasteiger partial charge in [0, 0.05) is 9.79 Å². The van der Waals surface area contributed by atoms with Crippen molar-refractivity contribution in [1.82, 2.24) is 5.43 Å². The highest BCUT2D eigenvalue weighted by Crippen LogP contribution is 2.28. The molecule has 0 aliphatic heterocycles. The molecule has 0 bridgehead atoms. The van der Waals surface area contributed by atoms with Gasteiger partial charge < -0.3 is 9.15 Å². The molecule has 0 atom stereocenters. The second-order valence-electron chi connectivity index (χ2n) is 5.33. The van der Waals surface area contributed by atoms with Crippen LogP contribution < -0.4 is 10.2 Å². The lowest BCUT2D eigenvalue weighted by atomic mass is 10.3. The molecule has 1 N–H and O–H groups in total. The fourth-order valence-electron chi connectivity index (χ4n) is 2.08. The predicted molar refractivity (Wildman–Crippen MR) is 109 cm³/mol. The van der Waals surface area contributed by atoms with E-state index < -0.39 is 0 Å². The molecular formula is C20H18N2O3S2. The molecule has 0 unspecified atom stereocenters. The van der Waals surface area contributed by atoms with E-state index in [-0.39, 0.29) is 11.7 Å². The molecule has 3 rings (SSSR count). The lowest BCUT2D eigenvalue weighted by molar-refractivity contribution is -0.118. The van der Waals surface area contributed by atoms with Crippen LogP contribution in [0.4, 0.5) is 0 Å². The first-order valence-electron chi connectivity index (χ1n) is 8.14. The molecule has 5 nitrogen and oxygen atoms in total. The van der Waals surface area contributed by atoms with E-state index in [2.05, 4.69) is 10.5 Å². The number of thioether (sulfide) groups is 1. The van der Waals surface area contributed by atoms with E-state index in [9.17, 15) is 4.79 Å². The van der Waals surface area contributed by atoms with Crippen LogP contribution in [0.3, 0.4) is 0 Å². The molecule has 0 aliphatic rings.